The molecule has 0 aliphatic carbocycles. The first-order valence-corrected chi connectivity index (χ1v) is 1.81. The molecule has 0 heterocycles. The summed E-state index contributed by atoms with van der Waals surface area (Å²) in [6.07, 6.45) is 0. The van der Waals surface area contributed by atoms with Crippen molar-refractivity contribution >= 4 is 7.32 Å². The van der Waals surface area contributed by atoms with E-state index in [1.807, 2.05) is 0 Å². The number of rotatable bonds is 3. The van der Waals surface area contributed by atoms with E-state index >= 15 is 0 Å². The van der Waals surface area contributed by atoms with E-state index in [2.05, 4.69) is 4.65 Å². The van der Waals surface area contributed by atoms with E-state index in [-0.39, 0.29) is 116 Å². The summed E-state index contributed by atoms with van der Waals surface area (Å²) in [6.45, 7) is -0.446. The second kappa shape index (κ2) is 13.7. The molecule has 0 unspecified atom stereocenters. The standard InChI is InChI=1S/C2H5BO4.2K/c4-1-2-7-3(5)6;;/h4H,1-2H2;;/q-2;2*+1. The molecule has 0 aliphatic rings. The van der Waals surface area contributed by atoms with Crippen molar-refractivity contribution in [1.82, 2.24) is 0 Å². The van der Waals surface area contributed by atoms with Gasteiger partial charge in [0.1, 0.15) is 0 Å². The zero-order valence-corrected chi connectivity index (χ0v) is 11.9. The van der Waals surface area contributed by atoms with Crippen LogP contribution < -0.4 is 113 Å². The topological polar surface area (TPSA) is 75.6 Å². The van der Waals surface area contributed by atoms with Crippen LogP contribution >= 0.6 is 0 Å². The predicted molar refractivity (Wildman–Crippen MR) is 18.8 cm³/mol. The molecule has 1 N–H and O–H groups in total. The predicted octanol–water partition coefficient (Wildman–Crippen LogP) is -9.29. The van der Waals surface area contributed by atoms with Gasteiger partial charge in [0.05, 0.1) is 13.9 Å². The van der Waals surface area contributed by atoms with E-state index in [1.165, 1.54) is 0 Å². The Morgan fingerprint density at radius 3 is 1.89 bits per heavy atom. The molecule has 9 heavy (non-hydrogen) atoms. The average Bonchev–Trinajstić information content (AvgIpc) is 1.61. The summed E-state index contributed by atoms with van der Waals surface area (Å²) in [5, 5.41) is 26.7. The summed E-state index contributed by atoms with van der Waals surface area (Å²) < 4.78 is 3.83. The van der Waals surface area contributed by atoms with Crippen molar-refractivity contribution in [1.29, 1.82) is 0 Å². The fourth-order valence-electron chi connectivity index (χ4n) is 0.149. The van der Waals surface area contributed by atoms with E-state index in [1.54, 1.807) is 0 Å². The third kappa shape index (κ3) is 18.3. The number of aliphatic hydroxyl groups is 1. The van der Waals surface area contributed by atoms with Crippen LogP contribution in [-0.2, 0) is 4.65 Å². The van der Waals surface area contributed by atoms with Crippen LogP contribution in [0.15, 0.2) is 0 Å². The summed E-state index contributed by atoms with van der Waals surface area (Å²) in [5.74, 6) is 0. The Morgan fingerprint density at radius 1 is 1.33 bits per heavy atom. The fraction of sp³-hybridized carbons (Fsp3) is 1.00. The van der Waals surface area contributed by atoms with Crippen molar-refractivity contribution in [3.8, 4) is 0 Å². The molecule has 42 valence electrons. The normalized spacial score (nSPS) is 7.00. The van der Waals surface area contributed by atoms with E-state index in [0.717, 1.165) is 0 Å². The van der Waals surface area contributed by atoms with Crippen molar-refractivity contribution in [3.05, 3.63) is 0 Å². The molecule has 0 saturated carbocycles. The van der Waals surface area contributed by atoms with Crippen LogP contribution in [0.4, 0.5) is 0 Å². The third-order valence-electron chi connectivity index (χ3n) is 0.345. The minimum Gasteiger partial charge on any atom is -0.871 e. The van der Waals surface area contributed by atoms with Crippen LogP contribution in [0.2, 0.25) is 0 Å². The van der Waals surface area contributed by atoms with Crippen LogP contribution in [0.25, 0.3) is 0 Å². The molecule has 0 aromatic rings. The van der Waals surface area contributed by atoms with Gasteiger partial charge >= 0.3 is 103 Å². The van der Waals surface area contributed by atoms with E-state index in [0.29, 0.717) is 0 Å². The Labute approximate surface area is 139 Å². The summed E-state index contributed by atoms with van der Waals surface area (Å²) in [6, 6.07) is 0. The van der Waals surface area contributed by atoms with Gasteiger partial charge in [-0.25, -0.2) is 0 Å². The summed E-state index contributed by atoms with van der Waals surface area (Å²) in [5.41, 5.74) is 0. The van der Waals surface area contributed by atoms with Gasteiger partial charge in [-0.05, 0) is 0 Å². The zero-order valence-electron chi connectivity index (χ0n) is 5.66. The molecular formula is C2H5BK2O4. The Hall–Kier alpha value is 3.18. The van der Waals surface area contributed by atoms with Crippen LogP contribution in [0.3, 0.4) is 0 Å². The Morgan fingerprint density at radius 2 is 1.78 bits per heavy atom. The van der Waals surface area contributed by atoms with Gasteiger partial charge in [-0.15, -0.1) is 0 Å². The van der Waals surface area contributed by atoms with Crippen LogP contribution in [0.5, 0.6) is 0 Å². The van der Waals surface area contributed by atoms with Gasteiger partial charge < -0.3 is 19.8 Å². The van der Waals surface area contributed by atoms with Crippen LogP contribution in [0.1, 0.15) is 0 Å². The molecule has 0 amide bonds. The zero-order chi connectivity index (χ0) is 5.70. The van der Waals surface area contributed by atoms with E-state index in [9.17, 15) is 10.0 Å². The maximum Gasteiger partial charge on any atom is 1.00 e. The summed E-state index contributed by atoms with van der Waals surface area (Å²) >= 11 is 0. The molecule has 0 aromatic carbocycles. The second-order valence-corrected chi connectivity index (χ2v) is 0.883. The molecule has 0 spiro atoms. The Balaban J connectivity index is -0.000000180. The molecular weight excluding hydrogens is 177 g/mol. The second-order valence-electron chi connectivity index (χ2n) is 0.883. The van der Waals surface area contributed by atoms with Gasteiger partial charge in [0.2, 0.25) is 0 Å². The van der Waals surface area contributed by atoms with Crippen molar-refractivity contribution < 1.29 is 123 Å². The van der Waals surface area contributed by atoms with E-state index in [4.69, 9.17) is 5.11 Å². The van der Waals surface area contributed by atoms with Gasteiger partial charge in [0.25, 0.3) is 0 Å². The molecule has 0 fully saturated rings. The average molecular weight is 182 g/mol. The van der Waals surface area contributed by atoms with Crippen LogP contribution in [-0.4, -0.2) is 25.6 Å². The van der Waals surface area contributed by atoms with Gasteiger partial charge in [0.15, 0.2) is 0 Å². The Kier molecular flexibility index (Phi) is 27.6. The molecule has 0 rings (SSSR count). The maximum absolute atomic E-state index is 9.40. The first kappa shape index (κ1) is 18.1. The number of hydrogen-bond acceptors (Lipinski definition) is 4. The van der Waals surface area contributed by atoms with Gasteiger partial charge in [-0.2, -0.15) is 0 Å². The number of aliphatic hydroxyl groups excluding tert-OH is 1. The Bertz CT molecular complexity index is 45.5. The van der Waals surface area contributed by atoms with Gasteiger partial charge in [-0.3, -0.25) is 0 Å². The smallest absolute Gasteiger partial charge is 0.871 e. The molecule has 0 atom stereocenters. The molecule has 4 nitrogen and oxygen atoms in total. The SMILES string of the molecule is [K+].[K+].[O-]B([O-])OCCO. The maximum atomic E-state index is 9.40. The number of hydrogen-bond donors (Lipinski definition) is 1. The first-order chi connectivity index (χ1) is 3.27. The molecule has 0 bridgehead atoms. The fourth-order valence-corrected chi connectivity index (χ4v) is 0.149. The molecule has 0 aliphatic heterocycles. The minimum absolute atomic E-state index is 0. The largest absolute Gasteiger partial charge is 1.00 e. The molecule has 0 saturated heterocycles. The quantitative estimate of drug-likeness (QED) is 0.440. The monoisotopic (exact) mass is 182 g/mol. The van der Waals surface area contributed by atoms with Gasteiger partial charge in [0, 0.05) is 6.61 Å². The van der Waals surface area contributed by atoms with Crippen molar-refractivity contribution in [2.24, 2.45) is 0 Å². The van der Waals surface area contributed by atoms with Crippen molar-refractivity contribution in [2.45, 2.75) is 0 Å². The van der Waals surface area contributed by atoms with Gasteiger partial charge in [-0.1, -0.05) is 0 Å². The summed E-state index contributed by atoms with van der Waals surface area (Å²) in [7, 11) is -2.26. The van der Waals surface area contributed by atoms with Crippen molar-refractivity contribution in [3.63, 3.8) is 0 Å². The van der Waals surface area contributed by atoms with E-state index < -0.39 is 7.32 Å². The minimum atomic E-state index is -2.26. The molecule has 0 radical (unpaired) electrons. The molecule has 7 heteroatoms. The van der Waals surface area contributed by atoms with Crippen molar-refractivity contribution in [2.75, 3.05) is 13.2 Å². The van der Waals surface area contributed by atoms with Crippen LogP contribution in [0, 0.1) is 0 Å². The molecule has 0 aromatic heterocycles. The summed E-state index contributed by atoms with van der Waals surface area (Å²) in [4.78, 5) is 0. The first-order valence-electron chi connectivity index (χ1n) is 1.81. The third-order valence-corrected chi connectivity index (χ3v) is 0.345.